The quantitative estimate of drug-likeness (QED) is 0.696. The fourth-order valence-corrected chi connectivity index (χ4v) is 1.62. The molecule has 0 radical (unpaired) electrons. The van der Waals surface area contributed by atoms with Crippen LogP contribution < -0.4 is 11.1 Å². The molecule has 21 heavy (non-hydrogen) atoms. The SMILES string of the molecule is CC(NC(=O)c1ccc(C#CCN)cc1F)c1nn[nH]n1. The van der Waals surface area contributed by atoms with Gasteiger partial charge in [-0.15, -0.1) is 10.2 Å². The lowest BCUT2D eigenvalue weighted by Crippen LogP contribution is -2.28. The minimum Gasteiger partial charge on any atom is -0.342 e. The Morgan fingerprint density at radius 1 is 1.57 bits per heavy atom. The van der Waals surface area contributed by atoms with Gasteiger partial charge >= 0.3 is 0 Å². The zero-order valence-electron chi connectivity index (χ0n) is 11.2. The number of nitrogens with zero attached hydrogens (tertiary/aromatic N) is 3. The summed E-state index contributed by atoms with van der Waals surface area (Å²) in [6, 6.07) is 3.62. The van der Waals surface area contributed by atoms with Crippen LogP contribution in [0.25, 0.3) is 0 Å². The summed E-state index contributed by atoms with van der Waals surface area (Å²) < 4.78 is 13.9. The predicted molar refractivity (Wildman–Crippen MR) is 72.4 cm³/mol. The molecule has 0 saturated heterocycles. The molecule has 0 spiro atoms. The highest BCUT2D eigenvalue weighted by atomic mass is 19.1. The van der Waals surface area contributed by atoms with Gasteiger partial charge < -0.3 is 11.1 Å². The molecule has 1 heterocycles. The molecule has 0 aliphatic carbocycles. The molecule has 8 heteroatoms. The topological polar surface area (TPSA) is 110 Å². The summed E-state index contributed by atoms with van der Waals surface area (Å²) in [6.07, 6.45) is 0. The summed E-state index contributed by atoms with van der Waals surface area (Å²) in [4.78, 5) is 12.0. The highest BCUT2D eigenvalue weighted by Gasteiger charge is 2.17. The van der Waals surface area contributed by atoms with Gasteiger partial charge in [-0.3, -0.25) is 4.79 Å². The van der Waals surface area contributed by atoms with E-state index in [9.17, 15) is 9.18 Å². The maximum Gasteiger partial charge on any atom is 0.254 e. The van der Waals surface area contributed by atoms with Crippen molar-refractivity contribution in [2.45, 2.75) is 13.0 Å². The predicted octanol–water partition coefficient (Wildman–Crippen LogP) is 0.140. The summed E-state index contributed by atoms with van der Waals surface area (Å²) in [5.74, 6) is 4.40. The molecule has 0 aliphatic rings. The molecule has 1 amide bonds. The molecular formula is C13H13FN6O. The van der Waals surface area contributed by atoms with E-state index in [0.717, 1.165) is 0 Å². The summed E-state index contributed by atoms with van der Waals surface area (Å²) >= 11 is 0. The Labute approximate surface area is 120 Å². The second-order valence-electron chi connectivity index (χ2n) is 4.17. The molecule has 108 valence electrons. The van der Waals surface area contributed by atoms with Crippen LogP contribution in [0.3, 0.4) is 0 Å². The number of tetrazole rings is 1. The fourth-order valence-electron chi connectivity index (χ4n) is 1.62. The number of nitrogens with two attached hydrogens (primary N) is 1. The molecule has 0 bridgehead atoms. The Morgan fingerprint density at radius 3 is 3.00 bits per heavy atom. The van der Waals surface area contributed by atoms with Crippen LogP contribution >= 0.6 is 0 Å². The van der Waals surface area contributed by atoms with Gasteiger partial charge in [-0.1, -0.05) is 17.1 Å². The Bertz CT molecular complexity index is 688. The first-order valence-electron chi connectivity index (χ1n) is 6.14. The number of hydrogen-bond donors (Lipinski definition) is 3. The minimum atomic E-state index is -0.656. The average Bonchev–Trinajstić information content (AvgIpc) is 2.99. The van der Waals surface area contributed by atoms with Crippen LogP contribution in [-0.2, 0) is 0 Å². The number of benzene rings is 1. The molecule has 2 aromatic rings. The van der Waals surface area contributed by atoms with E-state index in [2.05, 4.69) is 37.8 Å². The third kappa shape index (κ3) is 3.61. The smallest absolute Gasteiger partial charge is 0.254 e. The monoisotopic (exact) mass is 288 g/mol. The Hall–Kier alpha value is -2.79. The number of amides is 1. The van der Waals surface area contributed by atoms with Gasteiger partial charge in [-0.25, -0.2) is 4.39 Å². The lowest BCUT2D eigenvalue weighted by atomic mass is 10.1. The van der Waals surface area contributed by atoms with Crippen LogP contribution in [-0.4, -0.2) is 33.1 Å². The van der Waals surface area contributed by atoms with Gasteiger partial charge in [0.1, 0.15) is 5.82 Å². The number of H-pyrrole nitrogens is 1. The van der Waals surface area contributed by atoms with E-state index >= 15 is 0 Å². The normalized spacial score (nSPS) is 11.4. The van der Waals surface area contributed by atoms with E-state index in [4.69, 9.17) is 5.73 Å². The van der Waals surface area contributed by atoms with E-state index in [1.54, 1.807) is 13.0 Å². The first-order valence-corrected chi connectivity index (χ1v) is 6.14. The van der Waals surface area contributed by atoms with Crippen molar-refractivity contribution >= 4 is 5.91 Å². The van der Waals surface area contributed by atoms with Crippen molar-refractivity contribution in [3.8, 4) is 11.8 Å². The first-order chi connectivity index (χ1) is 10.1. The van der Waals surface area contributed by atoms with Crippen LogP contribution in [0.5, 0.6) is 0 Å². The van der Waals surface area contributed by atoms with Crippen molar-refractivity contribution in [2.24, 2.45) is 5.73 Å². The fraction of sp³-hybridized carbons (Fsp3) is 0.231. The number of carbonyl (C=O) groups excluding carboxylic acids is 1. The van der Waals surface area contributed by atoms with Crippen LogP contribution in [0.4, 0.5) is 4.39 Å². The van der Waals surface area contributed by atoms with Gasteiger partial charge in [-0.05, 0) is 25.1 Å². The van der Waals surface area contributed by atoms with Crippen molar-refractivity contribution in [2.75, 3.05) is 6.54 Å². The number of halogens is 1. The van der Waals surface area contributed by atoms with Gasteiger partial charge in [-0.2, -0.15) is 5.21 Å². The molecule has 1 aromatic carbocycles. The standard InChI is InChI=1S/C13H13FN6O/c1-8(12-17-19-20-18-12)16-13(21)10-5-4-9(3-2-6-15)7-11(10)14/h4-5,7-8H,6,15H2,1H3,(H,16,21)(H,17,18,19,20). The molecule has 1 aromatic heterocycles. The number of rotatable bonds is 3. The number of carbonyl (C=O) groups is 1. The third-order valence-electron chi connectivity index (χ3n) is 2.65. The van der Waals surface area contributed by atoms with E-state index in [0.29, 0.717) is 11.4 Å². The van der Waals surface area contributed by atoms with Gasteiger partial charge in [0.05, 0.1) is 18.2 Å². The molecule has 7 nitrogen and oxygen atoms in total. The summed E-state index contributed by atoms with van der Waals surface area (Å²) in [7, 11) is 0. The largest absolute Gasteiger partial charge is 0.342 e. The summed E-state index contributed by atoms with van der Waals surface area (Å²) in [6.45, 7) is 1.85. The second-order valence-corrected chi connectivity index (χ2v) is 4.17. The highest BCUT2D eigenvalue weighted by Crippen LogP contribution is 2.12. The number of aromatic nitrogens is 4. The Morgan fingerprint density at radius 2 is 2.38 bits per heavy atom. The molecular weight excluding hydrogens is 275 g/mol. The molecule has 0 fully saturated rings. The van der Waals surface area contributed by atoms with E-state index in [1.165, 1.54) is 12.1 Å². The second kappa shape index (κ2) is 6.58. The molecule has 4 N–H and O–H groups in total. The van der Waals surface area contributed by atoms with E-state index in [-0.39, 0.29) is 12.1 Å². The van der Waals surface area contributed by atoms with Gasteiger partial charge in [0.2, 0.25) is 0 Å². The number of hydrogen-bond acceptors (Lipinski definition) is 5. The maximum absolute atomic E-state index is 13.9. The van der Waals surface area contributed by atoms with Crippen LogP contribution in [0.2, 0.25) is 0 Å². The average molecular weight is 288 g/mol. The lowest BCUT2D eigenvalue weighted by molar-refractivity contribution is 0.0934. The third-order valence-corrected chi connectivity index (χ3v) is 2.65. The Balaban J connectivity index is 2.12. The molecule has 0 aliphatic heterocycles. The maximum atomic E-state index is 13.9. The summed E-state index contributed by atoms with van der Waals surface area (Å²) in [5.41, 5.74) is 5.62. The van der Waals surface area contributed by atoms with Crippen molar-refractivity contribution in [1.82, 2.24) is 25.9 Å². The molecule has 2 rings (SSSR count). The van der Waals surface area contributed by atoms with Crippen LogP contribution in [0, 0.1) is 17.7 Å². The van der Waals surface area contributed by atoms with E-state index < -0.39 is 17.8 Å². The highest BCUT2D eigenvalue weighted by molar-refractivity contribution is 5.94. The van der Waals surface area contributed by atoms with E-state index in [1.807, 2.05) is 0 Å². The molecule has 0 saturated carbocycles. The summed E-state index contributed by atoms with van der Waals surface area (Å²) in [5, 5.41) is 15.8. The van der Waals surface area contributed by atoms with Crippen molar-refractivity contribution in [3.05, 3.63) is 41.0 Å². The number of aromatic amines is 1. The zero-order chi connectivity index (χ0) is 15.2. The Kier molecular flexibility index (Phi) is 4.58. The molecule has 1 unspecified atom stereocenters. The van der Waals surface area contributed by atoms with Crippen molar-refractivity contribution < 1.29 is 9.18 Å². The zero-order valence-corrected chi connectivity index (χ0v) is 11.2. The van der Waals surface area contributed by atoms with Crippen LogP contribution in [0.15, 0.2) is 18.2 Å². The molecule has 1 atom stereocenters. The number of nitrogens with one attached hydrogen (secondary N) is 2. The van der Waals surface area contributed by atoms with Gasteiger partial charge in [0.25, 0.3) is 5.91 Å². The van der Waals surface area contributed by atoms with Crippen LogP contribution in [0.1, 0.15) is 34.7 Å². The van der Waals surface area contributed by atoms with Crippen molar-refractivity contribution in [1.29, 1.82) is 0 Å². The van der Waals surface area contributed by atoms with Crippen molar-refractivity contribution in [3.63, 3.8) is 0 Å². The lowest BCUT2D eigenvalue weighted by Gasteiger charge is -2.10. The van der Waals surface area contributed by atoms with Gasteiger partial charge in [0.15, 0.2) is 5.82 Å². The minimum absolute atomic E-state index is 0.0800. The first kappa shape index (κ1) is 14.6. The van der Waals surface area contributed by atoms with Gasteiger partial charge in [0, 0.05) is 5.56 Å².